The molecule has 0 aliphatic carbocycles. The van der Waals surface area contributed by atoms with E-state index in [-0.39, 0.29) is 31.0 Å². The maximum absolute atomic E-state index is 13.3. The third kappa shape index (κ3) is 5.11. The molecule has 8 nitrogen and oxygen atoms in total. The third-order valence-electron chi connectivity index (χ3n) is 6.22. The van der Waals surface area contributed by atoms with E-state index in [1.165, 1.54) is 0 Å². The van der Waals surface area contributed by atoms with Gasteiger partial charge in [0.25, 0.3) is 11.8 Å². The molecule has 1 unspecified atom stereocenters. The van der Waals surface area contributed by atoms with Crippen LogP contribution in [0.5, 0.6) is 0 Å². The Hall–Kier alpha value is -3.27. The molecule has 0 fully saturated rings. The highest BCUT2D eigenvalue weighted by molar-refractivity contribution is 5.99. The van der Waals surface area contributed by atoms with Crippen molar-refractivity contribution in [1.29, 1.82) is 0 Å². The van der Waals surface area contributed by atoms with Gasteiger partial charge in [-0.1, -0.05) is 18.2 Å². The Kier molecular flexibility index (Phi) is 7.26. The molecule has 1 atom stereocenters. The van der Waals surface area contributed by atoms with Crippen LogP contribution in [-0.2, 0) is 17.8 Å². The molecule has 0 radical (unpaired) electrons. The van der Waals surface area contributed by atoms with E-state index in [0.29, 0.717) is 49.3 Å². The van der Waals surface area contributed by atoms with Crippen molar-refractivity contribution >= 4 is 22.7 Å². The van der Waals surface area contributed by atoms with Crippen molar-refractivity contribution in [2.45, 2.75) is 51.9 Å². The predicted molar refractivity (Wildman–Crippen MR) is 123 cm³/mol. The summed E-state index contributed by atoms with van der Waals surface area (Å²) in [7, 11) is 1.71. The number of alkyl halides is 2. The minimum atomic E-state index is -2.75. The summed E-state index contributed by atoms with van der Waals surface area (Å²) in [5.41, 5.74) is 2.61. The fraction of sp³-hybridized carbons (Fsp3) is 0.458. The number of amides is 2. The molecule has 4 rings (SSSR count). The number of nitrogens with zero attached hydrogens (tertiary/aromatic N) is 4. The normalized spacial score (nSPS) is 15.7. The number of H-pyrrole nitrogens is 1. The molecular weight excluding hydrogens is 444 g/mol. The van der Waals surface area contributed by atoms with Gasteiger partial charge in [-0.25, -0.2) is 0 Å². The van der Waals surface area contributed by atoms with Crippen molar-refractivity contribution in [2.75, 3.05) is 20.2 Å². The fourth-order valence-corrected chi connectivity index (χ4v) is 4.30. The summed E-state index contributed by atoms with van der Waals surface area (Å²) in [5.74, 6) is -0.286. The van der Waals surface area contributed by atoms with Crippen LogP contribution in [0.3, 0.4) is 0 Å². The number of hydrogen-bond donors (Lipinski definition) is 1. The Morgan fingerprint density at radius 3 is 2.82 bits per heavy atom. The van der Waals surface area contributed by atoms with Gasteiger partial charge < -0.3 is 19.5 Å². The highest BCUT2D eigenvalue weighted by Crippen LogP contribution is 2.24. The van der Waals surface area contributed by atoms with Crippen LogP contribution in [0.25, 0.3) is 10.9 Å². The van der Waals surface area contributed by atoms with E-state index in [4.69, 9.17) is 0 Å². The third-order valence-corrected chi connectivity index (χ3v) is 6.22. The standard InChI is InChI=1S/C24H29F2N5O3/c1-16-14-31-21(15-30(16)23(33)20-12-17-8-4-5-9-19(17)28-20)18(13-27-31)22(32)29(2)10-6-3-7-11-34-24(25)26/h4-5,8-9,12-13,16,24,28H,3,6-7,10-11,14-15H2,1-2H3. The topological polar surface area (TPSA) is 83.5 Å². The number of hydrogen-bond acceptors (Lipinski definition) is 4. The van der Waals surface area contributed by atoms with Gasteiger partial charge in [-0.2, -0.15) is 13.9 Å². The van der Waals surface area contributed by atoms with Crippen LogP contribution in [0.15, 0.2) is 36.5 Å². The molecule has 2 amide bonds. The summed E-state index contributed by atoms with van der Waals surface area (Å²) in [6.45, 7) is 0.508. The molecule has 0 saturated heterocycles. The van der Waals surface area contributed by atoms with E-state index in [1.54, 1.807) is 27.7 Å². The van der Waals surface area contributed by atoms with E-state index in [0.717, 1.165) is 10.9 Å². The predicted octanol–water partition coefficient (Wildman–Crippen LogP) is 3.89. The monoisotopic (exact) mass is 473 g/mol. The molecule has 0 spiro atoms. The molecule has 1 aromatic carbocycles. The van der Waals surface area contributed by atoms with Gasteiger partial charge in [0.2, 0.25) is 0 Å². The number of aromatic amines is 1. The molecular formula is C24H29F2N5O3. The van der Waals surface area contributed by atoms with Crippen molar-refractivity contribution in [3.63, 3.8) is 0 Å². The molecule has 10 heteroatoms. The van der Waals surface area contributed by atoms with Crippen LogP contribution in [0.2, 0.25) is 0 Å². The lowest BCUT2D eigenvalue weighted by Gasteiger charge is -2.34. The average Bonchev–Trinajstić information content (AvgIpc) is 3.43. The molecule has 0 saturated carbocycles. The molecule has 3 heterocycles. The second-order valence-electron chi connectivity index (χ2n) is 8.66. The average molecular weight is 474 g/mol. The van der Waals surface area contributed by atoms with Crippen molar-refractivity contribution in [1.82, 2.24) is 24.6 Å². The SMILES string of the molecule is CC1Cn2ncc(C(=O)N(C)CCCCCOC(F)F)c2CN1C(=O)c1cc2ccccc2[nH]1. The second kappa shape index (κ2) is 10.3. The van der Waals surface area contributed by atoms with Gasteiger partial charge in [-0.05, 0) is 38.3 Å². The van der Waals surface area contributed by atoms with Gasteiger partial charge in [0.1, 0.15) is 5.69 Å². The number of rotatable bonds is 9. The molecule has 3 aromatic rings. The van der Waals surface area contributed by atoms with E-state index >= 15 is 0 Å². The zero-order valence-electron chi connectivity index (χ0n) is 19.3. The summed E-state index contributed by atoms with van der Waals surface area (Å²) >= 11 is 0. The Balaban J connectivity index is 1.41. The number of halogens is 2. The summed E-state index contributed by atoms with van der Waals surface area (Å²) < 4.78 is 30.1. The summed E-state index contributed by atoms with van der Waals surface area (Å²) in [6.07, 6.45) is 3.44. The lowest BCUT2D eigenvalue weighted by molar-refractivity contribution is -0.129. The molecule has 1 aliphatic heterocycles. The maximum Gasteiger partial charge on any atom is 0.345 e. The zero-order valence-corrected chi connectivity index (χ0v) is 19.3. The van der Waals surface area contributed by atoms with Crippen LogP contribution in [0, 0.1) is 0 Å². The first-order chi connectivity index (χ1) is 16.3. The first-order valence-corrected chi connectivity index (χ1v) is 11.4. The Labute approximate surface area is 196 Å². The number of aromatic nitrogens is 3. The number of fused-ring (bicyclic) bond motifs is 2. The molecule has 0 bridgehead atoms. The minimum Gasteiger partial charge on any atom is -0.351 e. The number of carbonyl (C=O) groups is 2. The van der Waals surface area contributed by atoms with Gasteiger partial charge >= 0.3 is 6.61 Å². The van der Waals surface area contributed by atoms with Gasteiger partial charge in [-0.15, -0.1) is 0 Å². The summed E-state index contributed by atoms with van der Waals surface area (Å²) in [6, 6.07) is 9.50. The van der Waals surface area contributed by atoms with Crippen molar-refractivity contribution < 1.29 is 23.1 Å². The molecule has 1 aliphatic rings. The highest BCUT2D eigenvalue weighted by Gasteiger charge is 2.32. The number of ether oxygens (including phenoxy) is 1. The van der Waals surface area contributed by atoms with Crippen LogP contribution >= 0.6 is 0 Å². The number of unbranched alkanes of at least 4 members (excludes halogenated alkanes) is 2. The smallest absolute Gasteiger partial charge is 0.345 e. The van der Waals surface area contributed by atoms with Gasteiger partial charge in [-0.3, -0.25) is 14.3 Å². The summed E-state index contributed by atoms with van der Waals surface area (Å²) in [5, 5.41) is 5.36. The second-order valence-corrected chi connectivity index (χ2v) is 8.66. The quantitative estimate of drug-likeness (QED) is 0.478. The number of nitrogens with one attached hydrogen (secondary N) is 1. The van der Waals surface area contributed by atoms with Crippen molar-refractivity contribution in [3.8, 4) is 0 Å². The number of carbonyl (C=O) groups excluding carboxylic acids is 2. The van der Waals surface area contributed by atoms with Gasteiger partial charge in [0.15, 0.2) is 0 Å². The molecule has 2 aromatic heterocycles. The summed E-state index contributed by atoms with van der Waals surface area (Å²) in [4.78, 5) is 32.9. The largest absolute Gasteiger partial charge is 0.351 e. The van der Waals surface area contributed by atoms with Crippen LogP contribution < -0.4 is 0 Å². The molecule has 182 valence electrons. The van der Waals surface area contributed by atoms with Gasteiger partial charge in [0.05, 0.1) is 37.2 Å². The highest BCUT2D eigenvalue weighted by atomic mass is 19.3. The first kappa shape index (κ1) is 23.9. The maximum atomic E-state index is 13.3. The van der Waals surface area contributed by atoms with Crippen LogP contribution in [-0.4, -0.2) is 69.2 Å². The molecule has 34 heavy (non-hydrogen) atoms. The Morgan fingerprint density at radius 2 is 2.06 bits per heavy atom. The zero-order chi connectivity index (χ0) is 24.2. The van der Waals surface area contributed by atoms with E-state index in [9.17, 15) is 18.4 Å². The van der Waals surface area contributed by atoms with E-state index in [2.05, 4.69) is 14.8 Å². The van der Waals surface area contributed by atoms with E-state index in [1.807, 2.05) is 37.3 Å². The van der Waals surface area contributed by atoms with Crippen molar-refractivity contribution in [3.05, 3.63) is 53.5 Å². The Bertz CT molecular complexity index is 1130. The lowest BCUT2D eigenvalue weighted by Crippen LogP contribution is -2.45. The van der Waals surface area contributed by atoms with Crippen LogP contribution in [0.4, 0.5) is 8.78 Å². The Morgan fingerprint density at radius 1 is 1.26 bits per heavy atom. The van der Waals surface area contributed by atoms with Gasteiger partial charge in [0, 0.05) is 30.5 Å². The molecule has 1 N–H and O–H groups in total. The number of benzene rings is 1. The first-order valence-electron chi connectivity index (χ1n) is 11.4. The van der Waals surface area contributed by atoms with Crippen LogP contribution in [0.1, 0.15) is 52.7 Å². The minimum absolute atomic E-state index is 0.00463. The van der Waals surface area contributed by atoms with E-state index < -0.39 is 6.61 Å². The van der Waals surface area contributed by atoms with Crippen molar-refractivity contribution in [2.24, 2.45) is 0 Å². The fourth-order valence-electron chi connectivity index (χ4n) is 4.30. The lowest BCUT2D eigenvalue weighted by atomic mass is 10.1. The number of para-hydroxylation sites is 1.